The van der Waals surface area contributed by atoms with Crippen molar-refractivity contribution < 1.29 is 9.69 Å². The van der Waals surface area contributed by atoms with Crippen molar-refractivity contribution in [3.05, 3.63) is 66.0 Å². The second kappa shape index (κ2) is 7.88. The topological polar surface area (TPSA) is 37.6 Å². The zero-order valence-electron chi connectivity index (χ0n) is 13.4. The highest BCUT2D eigenvalue weighted by atomic mass is 16.2. The van der Waals surface area contributed by atoms with Gasteiger partial charge in [0, 0.05) is 18.8 Å². The molecule has 0 saturated carbocycles. The summed E-state index contributed by atoms with van der Waals surface area (Å²) in [6, 6.07) is 14.3. The summed E-state index contributed by atoms with van der Waals surface area (Å²) in [4.78, 5) is 20.0. The van der Waals surface area contributed by atoms with Crippen molar-refractivity contribution >= 4 is 5.91 Å². The zero-order valence-corrected chi connectivity index (χ0v) is 13.4. The van der Waals surface area contributed by atoms with Gasteiger partial charge in [0.25, 0.3) is 5.91 Å². The predicted octanol–water partition coefficient (Wildman–Crippen LogP) is 1.06. The Hall–Kier alpha value is -2.20. The molecular weight excluding hydrogens is 286 g/mol. The van der Waals surface area contributed by atoms with E-state index in [1.807, 2.05) is 17.0 Å². The summed E-state index contributed by atoms with van der Waals surface area (Å²) in [5.41, 5.74) is 2.11. The fraction of sp³-hybridized carbons (Fsp3) is 0.368. The third-order valence-electron chi connectivity index (χ3n) is 4.50. The number of carbonyl (C=O) groups is 1. The molecule has 1 aromatic carbocycles. The number of hydrogen-bond acceptors (Lipinski definition) is 2. The summed E-state index contributed by atoms with van der Waals surface area (Å²) in [6.07, 6.45) is 5.70. The first kappa shape index (κ1) is 15.7. The van der Waals surface area contributed by atoms with E-state index in [4.69, 9.17) is 0 Å². The smallest absolute Gasteiger partial charge is 0.255 e. The molecule has 120 valence electrons. The highest BCUT2D eigenvalue weighted by molar-refractivity contribution is 5.93. The minimum Gasteiger partial charge on any atom is -0.332 e. The fourth-order valence-electron chi connectivity index (χ4n) is 3.14. The van der Waals surface area contributed by atoms with Gasteiger partial charge >= 0.3 is 0 Å². The molecule has 1 aliphatic heterocycles. The van der Waals surface area contributed by atoms with Crippen LogP contribution in [0.25, 0.3) is 0 Å². The van der Waals surface area contributed by atoms with Gasteiger partial charge in [0.15, 0.2) is 0 Å². The molecule has 2 heterocycles. The average molecular weight is 310 g/mol. The van der Waals surface area contributed by atoms with E-state index < -0.39 is 0 Å². The normalized spacial score (nSPS) is 15.6. The van der Waals surface area contributed by atoms with Crippen LogP contribution in [-0.4, -0.2) is 48.5 Å². The molecule has 0 spiro atoms. The van der Waals surface area contributed by atoms with E-state index in [9.17, 15) is 4.79 Å². The lowest BCUT2D eigenvalue weighted by molar-refractivity contribution is -0.904. The Labute approximate surface area is 137 Å². The van der Waals surface area contributed by atoms with Crippen molar-refractivity contribution in [2.75, 3.05) is 32.7 Å². The molecule has 4 heteroatoms. The first-order valence-corrected chi connectivity index (χ1v) is 8.40. The third kappa shape index (κ3) is 4.39. The lowest BCUT2D eigenvalue weighted by atomic mass is 10.1. The van der Waals surface area contributed by atoms with Crippen LogP contribution in [-0.2, 0) is 6.42 Å². The molecule has 1 saturated heterocycles. The fourth-order valence-corrected chi connectivity index (χ4v) is 3.14. The molecule has 0 atom stereocenters. The number of aromatic nitrogens is 1. The number of hydrogen-bond donors (Lipinski definition) is 1. The Morgan fingerprint density at radius 3 is 2.57 bits per heavy atom. The van der Waals surface area contributed by atoms with Gasteiger partial charge in [-0.25, -0.2) is 0 Å². The number of pyridine rings is 1. The molecule has 3 rings (SSSR count). The average Bonchev–Trinajstić information content (AvgIpc) is 2.63. The number of amides is 1. The maximum absolute atomic E-state index is 12.4. The molecule has 4 nitrogen and oxygen atoms in total. The molecule has 0 bridgehead atoms. The van der Waals surface area contributed by atoms with Gasteiger partial charge in [-0.05, 0) is 24.1 Å². The number of nitrogens with one attached hydrogen (secondary N) is 1. The number of benzene rings is 1. The summed E-state index contributed by atoms with van der Waals surface area (Å²) < 4.78 is 0. The largest absolute Gasteiger partial charge is 0.332 e. The molecule has 1 amide bonds. The number of aryl methyl sites for hydroxylation is 1. The SMILES string of the molecule is O=C(c1cccnc1)N1CC[NH+](CCCc2ccccc2)CC1. The Morgan fingerprint density at radius 2 is 1.87 bits per heavy atom. The number of nitrogens with zero attached hydrogens (tertiary/aromatic N) is 2. The maximum atomic E-state index is 12.4. The Kier molecular flexibility index (Phi) is 5.37. The van der Waals surface area contributed by atoms with E-state index in [1.54, 1.807) is 17.3 Å². The van der Waals surface area contributed by atoms with E-state index in [0.29, 0.717) is 5.56 Å². The van der Waals surface area contributed by atoms with Crippen LogP contribution in [0.5, 0.6) is 0 Å². The number of quaternary nitrogens is 1. The van der Waals surface area contributed by atoms with Gasteiger partial charge in [0.05, 0.1) is 38.3 Å². The third-order valence-corrected chi connectivity index (χ3v) is 4.50. The second-order valence-corrected chi connectivity index (χ2v) is 6.12. The van der Waals surface area contributed by atoms with Crippen LogP contribution < -0.4 is 4.90 Å². The molecule has 2 aromatic rings. The quantitative estimate of drug-likeness (QED) is 0.896. The predicted molar refractivity (Wildman–Crippen MR) is 90.5 cm³/mol. The maximum Gasteiger partial charge on any atom is 0.255 e. The number of rotatable bonds is 5. The van der Waals surface area contributed by atoms with Crippen molar-refractivity contribution in [3.8, 4) is 0 Å². The molecule has 0 unspecified atom stereocenters. The highest BCUT2D eigenvalue weighted by Gasteiger charge is 2.24. The van der Waals surface area contributed by atoms with Gasteiger partial charge in [-0.15, -0.1) is 0 Å². The lowest BCUT2D eigenvalue weighted by Crippen LogP contribution is -3.14. The van der Waals surface area contributed by atoms with Crippen molar-refractivity contribution in [1.82, 2.24) is 9.88 Å². The summed E-state index contributed by atoms with van der Waals surface area (Å²) in [5, 5.41) is 0. The Morgan fingerprint density at radius 1 is 1.09 bits per heavy atom. The van der Waals surface area contributed by atoms with Crippen LogP contribution in [0, 0.1) is 0 Å². The van der Waals surface area contributed by atoms with Crippen LogP contribution in [0.4, 0.5) is 0 Å². The van der Waals surface area contributed by atoms with E-state index in [-0.39, 0.29) is 5.91 Å². The molecule has 0 radical (unpaired) electrons. The highest BCUT2D eigenvalue weighted by Crippen LogP contribution is 2.04. The van der Waals surface area contributed by atoms with Crippen molar-refractivity contribution in [1.29, 1.82) is 0 Å². The van der Waals surface area contributed by atoms with Crippen LogP contribution in [0.15, 0.2) is 54.9 Å². The monoisotopic (exact) mass is 310 g/mol. The van der Waals surface area contributed by atoms with Gasteiger partial charge in [-0.2, -0.15) is 0 Å². The van der Waals surface area contributed by atoms with Crippen molar-refractivity contribution in [2.24, 2.45) is 0 Å². The van der Waals surface area contributed by atoms with Crippen LogP contribution >= 0.6 is 0 Å². The summed E-state index contributed by atoms with van der Waals surface area (Å²) in [5.74, 6) is 0.112. The molecule has 1 fully saturated rings. The van der Waals surface area contributed by atoms with Crippen LogP contribution in [0.2, 0.25) is 0 Å². The first-order valence-electron chi connectivity index (χ1n) is 8.40. The molecule has 1 aliphatic rings. The van der Waals surface area contributed by atoms with E-state index >= 15 is 0 Å². The molecule has 0 aliphatic carbocycles. The van der Waals surface area contributed by atoms with Crippen molar-refractivity contribution in [2.45, 2.75) is 12.8 Å². The van der Waals surface area contributed by atoms with Gasteiger partial charge in [0.2, 0.25) is 0 Å². The molecule has 1 N–H and O–H groups in total. The van der Waals surface area contributed by atoms with E-state index in [1.165, 1.54) is 18.5 Å². The summed E-state index contributed by atoms with van der Waals surface area (Å²) >= 11 is 0. The summed E-state index contributed by atoms with van der Waals surface area (Å²) in [6.45, 7) is 4.95. The van der Waals surface area contributed by atoms with Gasteiger partial charge < -0.3 is 9.80 Å². The first-order chi connectivity index (χ1) is 11.3. The molecular formula is C19H24N3O+. The second-order valence-electron chi connectivity index (χ2n) is 6.12. The number of piperazine rings is 1. The van der Waals surface area contributed by atoms with Crippen LogP contribution in [0.1, 0.15) is 22.3 Å². The van der Waals surface area contributed by atoms with Gasteiger partial charge in [-0.1, -0.05) is 30.3 Å². The standard InChI is InChI=1S/C19H23N3O/c23-19(18-9-4-10-20-16-18)22-14-12-21(13-15-22)11-5-8-17-6-2-1-3-7-17/h1-4,6-7,9-10,16H,5,8,11-15H2/p+1. The Balaban J connectivity index is 1.41. The number of carbonyl (C=O) groups excluding carboxylic acids is 1. The Bertz CT molecular complexity index is 607. The molecule has 23 heavy (non-hydrogen) atoms. The van der Waals surface area contributed by atoms with E-state index in [0.717, 1.165) is 32.6 Å². The van der Waals surface area contributed by atoms with E-state index in [2.05, 4.69) is 35.3 Å². The minimum atomic E-state index is 0.112. The van der Waals surface area contributed by atoms with Gasteiger partial charge in [-0.3, -0.25) is 9.78 Å². The van der Waals surface area contributed by atoms with Crippen LogP contribution in [0.3, 0.4) is 0 Å². The lowest BCUT2D eigenvalue weighted by Gasteiger charge is -2.32. The minimum absolute atomic E-state index is 0.112. The molecule has 1 aromatic heterocycles. The zero-order chi connectivity index (χ0) is 15.9. The van der Waals surface area contributed by atoms with Gasteiger partial charge in [0.1, 0.15) is 0 Å². The summed E-state index contributed by atoms with van der Waals surface area (Å²) in [7, 11) is 0. The van der Waals surface area contributed by atoms with Crippen molar-refractivity contribution in [3.63, 3.8) is 0 Å².